The van der Waals surface area contributed by atoms with Crippen molar-refractivity contribution in [1.29, 1.82) is 0 Å². The lowest BCUT2D eigenvalue weighted by molar-refractivity contribution is -0.135. The maximum absolute atomic E-state index is 12.0. The van der Waals surface area contributed by atoms with Gasteiger partial charge in [0.1, 0.15) is 0 Å². The molecule has 1 rings (SSSR count). The zero-order chi connectivity index (χ0) is 15.1. The van der Waals surface area contributed by atoms with E-state index in [9.17, 15) is 13.2 Å². The average molecular weight is 423 g/mol. The van der Waals surface area contributed by atoms with Crippen LogP contribution in [0, 0.1) is 0 Å². The van der Waals surface area contributed by atoms with Crippen LogP contribution in [0.5, 0.6) is 0 Å². The zero-order valence-electron chi connectivity index (χ0n) is 12.6. The standard InChI is InChI=1S/C13H24F3N3O.HI/c1-12(6-5-9-20-12)10-19-11(17-2)18-8-4-3-7-13(14,15)16;/h3-10H2,1-2H3,(H2,17,18,19);1H. The second kappa shape index (κ2) is 9.70. The van der Waals surface area contributed by atoms with Gasteiger partial charge >= 0.3 is 6.18 Å². The molecular formula is C13H25F3IN3O. The average Bonchev–Trinajstić information content (AvgIpc) is 2.79. The van der Waals surface area contributed by atoms with Crippen molar-refractivity contribution in [3.05, 3.63) is 0 Å². The van der Waals surface area contributed by atoms with Crippen molar-refractivity contribution < 1.29 is 17.9 Å². The van der Waals surface area contributed by atoms with E-state index < -0.39 is 12.6 Å². The Hall–Kier alpha value is -0.250. The van der Waals surface area contributed by atoms with Crippen molar-refractivity contribution in [2.75, 3.05) is 26.7 Å². The summed E-state index contributed by atoms with van der Waals surface area (Å²) in [6.07, 6.45) is -2.13. The molecule has 1 heterocycles. The van der Waals surface area contributed by atoms with E-state index in [1.807, 2.05) is 6.92 Å². The molecule has 0 aliphatic carbocycles. The maximum atomic E-state index is 12.0. The molecule has 0 aromatic carbocycles. The Labute approximate surface area is 141 Å². The minimum absolute atomic E-state index is 0. The highest BCUT2D eigenvalue weighted by Crippen LogP contribution is 2.24. The van der Waals surface area contributed by atoms with Crippen LogP contribution < -0.4 is 10.6 Å². The summed E-state index contributed by atoms with van der Waals surface area (Å²) in [5.74, 6) is 0.605. The lowest BCUT2D eigenvalue weighted by Crippen LogP contribution is -2.45. The molecule has 1 aliphatic heterocycles. The summed E-state index contributed by atoms with van der Waals surface area (Å²) >= 11 is 0. The molecule has 1 fully saturated rings. The van der Waals surface area contributed by atoms with Gasteiger partial charge in [0, 0.05) is 33.2 Å². The van der Waals surface area contributed by atoms with E-state index in [4.69, 9.17) is 4.74 Å². The van der Waals surface area contributed by atoms with Gasteiger partial charge in [-0.05, 0) is 32.6 Å². The summed E-state index contributed by atoms with van der Waals surface area (Å²) in [5, 5.41) is 6.16. The molecule has 126 valence electrons. The van der Waals surface area contributed by atoms with Crippen molar-refractivity contribution in [1.82, 2.24) is 10.6 Å². The molecule has 4 nitrogen and oxygen atoms in total. The van der Waals surface area contributed by atoms with E-state index in [2.05, 4.69) is 15.6 Å². The molecule has 8 heteroatoms. The molecule has 1 aliphatic rings. The Morgan fingerprint density at radius 2 is 2.00 bits per heavy atom. The van der Waals surface area contributed by atoms with Gasteiger partial charge in [0.05, 0.1) is 5.60 Å². The molecule has 0 saturated carbocycles. The van der Waals surface area contributed by atoms with E-state index in [1.54, 1.807) is 7.05 Å². The third-order valence-corrected chi connectivity index (χ3v) is 3.33. The van der Waals surface area contributed by atoms with Gasteiger partial charge in [0.25, 0.3) is 0 Å². The Morgan fingerprint density at radius 1 is 1.29 bits per heavy atom. The highest BCUT2D eigenvalue weighted by Gasteiger charge is 2.29. The number of hydrogen-bond donors (Lipinski definition) is 2. The summed E-state index contributed by atoms with van der Waals surface area (Å²) in [6, 6.07) is 0. The number of halogens is 4. The number of nitrogens with zero attached hydrogens (tertiary/aromatic N) is 1. The van der Waals surface area contributed by atoms with Crippen LogP contribution in [-0.4, -0.2) is 44.5 Å². The number of nitrogens with one attached hydrogen (secondary N) is 2. The molecular weight excluding hydrogens is 398 g/mol. The van der Waals surface area contributed by atoms with Gasteiger partial charge in [-0.1, -0.05) is 0 Å². The third-order valence-electron chi connectivity index (χ3n) is 3.33. The molecule has 0 aromatic heterocycles. The van der Waals surface area contributed by atoms with Gasteiger partial charge in [0.15, 0.2) is 5.96 Å². The Balaban J connectivity index is 0.00000400. The maximum Gasteiger partial charge on any atom is 0.389 e. The summed E-state index contributed by atoms with van der Waals surface area (Å²) in [4.78, 5) is 4.04. The van der Waals surface area contributed by atoms with E-state index in [0.29, 0.717) is 25.5 Å². The highest BCUT2D eigenvalue weighted by molar-refractivity contribution is 14.0. The number of aliphatic imine (C=N–C) groups is 1. The van der Waals surface area contributed by atoms with Gasteiger partial charge in [-0.25, -0.2) is 0 Å². The van der Waals surface area contributed by atoms with Gasteiger partial charge in [-0.3, -0.25) is 4.99 Å². The van der Waals surface area contributed by atoms with E-state index >= 15 is 0 Å². The fourth-order valence-electron chi connectivity index (χ4n) is 2.12. The molecule has 0 radical (unpaired) electrons. The summed E-state index contributed by atoms with van der Waals surface area (Å²) in [6.45, 7) is 3.95. The van der Waals surface area contributed by atoms with Crippen LogP contribution >= 0.6 is 24.0 Å². The van der Waals surface area contributed by atoms with E-state index in [1.165, 1.54) is 0 Å². The smallest absolute Gasteiger partial charge is 0.373 e. The SMILES string of the molecule is CN=C(NCCCCC(F)(F)F)NCC1(C)CCCO1.I. The number of unbranched alkanes of at least 4 members (excludes halogenated alkanes) is 1. The van der Waals surface area contributed by atoms with Crippen LogP contribution in [-0.2, 0) is 4.74 Å². The third kappa shape index (κ3) is 9.38. The van der Waals surface area contributed by atoms with Crippen molar-refractivity contribution in [2.24, 2.45) is 4.99 Å². The van der Waals surface area contributed by atoms with Crippen molar-refractivity contribution in [3.8, 4) is 0 Å². The van der Waals surface area contributed by atoms with Crippen LogP contribution in [0.1, 0.15) is 39.0 Å². The number of ether oxygens (including phenoxy) is 1. The van der Waals surface area contributed by atoms with Gasteiger partial charge < -0.3 is 15.4 Å². The molecule has 1 saturated heterocycles. The number of rotatable bonds is 6. The molecule has 21 heavy (non-hydrogen) atoms. The first-order valence-corrected chi connectivity index (χ1v) is 7.00. The van der Waals surface area contributed by atoms with Crippen LogP contribution in [0.3, 0.4) is 0 Å². The first kappa shape index (κ1) is 20.8. The highest BCUT2D eigenvalue weighted by atomic mass is 127. The summed E-state index contributed by atoms with van der Waals surface area (Å²) in [7, 11) is 1.64. The Kier molecular flexibility index (Phi) is 9.59. The monoisotopic (exact) mass is 423 g/mol. The van der Waals surface area contributed by atoms with E-state index in [0.717, 1.165) is 19.4 Å². The fourth-order valence-corrected chi connectivity index (χ4v) is 2.12. The molecule has 0 spiro atoms. The van der Waals surface area contributed by atoms with Gasteiger partial charge in [0.2, 0.25) is 0 Å². The first-order valence-electron chi connectivity index (χ1n) is 7.00. The number of alkyl halides is 3. The van der Waals surface area contributed by atoms with Crippen LogP contribution in [0.15, 0.2) is 4.99 Å². The van der Waals surface area contributed by atoms with Crippen molar-refractivity contribution in [2.45, 2.75) is 50.8 Å². The topological polar surface area (TPSA) is 45.7 Å². The van der Waals surface area contributed by atoms with E-state index in [-0.39, 0.29) is 36.0 Å². The summed E-state index contributed by atoms with van der Waals surface area (Å²) in [5.41, 5.74) is -0.173. The minimum Gasteiger partial charge on any atom is -0.373 e. The molecule has 1 unspecified atom stereocenters. The first-order chi connectivity index (χ1) is 9.35. The molecule has 1 atom stereocenters. The quantitative estimate of drug-likeness (QED) is 0.299. The zero-order valence-corrected chi connectivity index (χ0v) is 14.9. The second-order valence-corrected chi connectivity index (χ2v) is 5.33. The molecule has 0 aromatic rings. The lowest BCUT2D eigenvalue weighted by Gasteiger charge is -2.24. The van der Waals surface area contributed by atoms with Crippen molar-refractivity contribution in [3.63, 3.8) is 0 Å². The predicted octanol–water partition coefficient (Wildman–Crippen LogP) is 3.07. The second-order valence-electron chi connectivity index (χ2n) is 5.33. The normalized spacial score (nSPS) is 22.8. The Morgan fingerprint density at radius 3 is 2.52 bits per heavy atom. The lowest BCUT2D eigenvalue weighted by atomic mass is 10.0. The van der Waals surface area contributed by atoms with Crippen molar-refractivity contribution >= 4 is 29.9 Å². The molecule has 0 amide bonds. The van der Waals surface area contributed by atoms with Crippen LogP contribution in [0.2, 0.25) is 0 Å². The molecule has 2 N–H and O–H groups in total. The number of guanidine groups is 1. The van der Waals surface area contributed by atoms with Crippen LogP contribution in [0.4, 0.5) is 13.2 Å². The predicted molar refractivity (Wildman–Crippen MR) is 88.3 cm³/mol. The number of hydrogen-bond acceptors (Lipinski definition) is 2. The molecule has 0 bridgehead atoms. The summed E-state index contributed by atoms with van der Waals surface area (Å²) < 4.78 is 41.6. The minimum atomic E-state index is -4.06. The van der Waals surface area contributed by atoms with Gasteiger partial charge in [-0.2, -0.15) is 13.2 Å². The van der Waals surface area contributed by atoms with Crippen LogP contribution in [0.25, 0.3) is 0 Å². The largest absolute Gasteiger partial charge is 0.389 e. The Bertz CT molecular complexity index is 318. The van der Waals surface area contributed by atoms with Gasteiger partial charge in [-0.15, -0.1) is 24.0 Å². The fraction of sp³-hybridized carbons (Fsp3) is 0.923.